The molecule has 2 heterocycles. The fourth-order valence-corrected chi connectivity index (χ4v) is 3.06. The highest BCUT2D eigenvalue weighted by Gasteiger charge is 2.47. The molecule has 1 atom stereocenters. The maximum absolute atomic E-state index is 9.15. The maximum atomic E-state index is 9.15. The fourth-order valence-electron chi connectivity index (χ4n) is 1.89. The SMILES string of the molecule is Cc1ccsc1C1(C(N)CO)COC1. The second-order valence-electron chi connectivity index (χ2n) is 3.87. The van der Waals surface area contributed by atoms with Gasteiger partial charge in [-0.3, -0.25) is 0 Å². The van der Waals surface area contributed by atoms with Crippen LogP contribution in [0.25, 0.3) is 0 Å². The van der Waals surface area contributed by atoms with E-state index in [9.17, 15) is 0 Å². The van der Waals surface area contributed by atoms with Crippen molar-refractivity contribution in [3.05, 3.63) is 21.9 Å². The quantitative estimate of drug-likeness (QED) is 0.775. The summed E-state index contributed by atoms with van der Waals surface area (Å²) in [6.45, 7) is 3.36. The first kappa shape index (κ1) is 10.1. The second kappa shape index (κ2) is 3.62. The molecule has 0 aliphatic carbocycles. The second-order valence-corrected chi connectivity index (χ2v) is 4.79. The third-order valence-electron chi connectivity index (χ3n) is 2.94. The molecular formula is C10H15NO2S. The zero-order valence-electron chi connectivity index (χ0n) is 8.19. The molecule has 3 nitrogen and oxygen atoms in total. The van der Waals surface area contributed by atoms with Crippen LogP contribution in [0.2, 0.25) is 0 Å². The lowest BCUT2D eigenvalue weighted by Gasteiger charge is -2.45. The zero-order chi connectivity index (χ0) is 10.2. The largest absolute Gasteiger partial charge is 0.395 e. The third kappa shape index (κ3) is 1.30. The van der Waals surface area contributed by atoms with Gasteiger partial charge in [-0.05, 0) is 23.9 Å². The summed E-state index contributed by atoms with van der Waals surface area (Å²) >= 11 is 1.70. The summed E-state index contributed by atoms with van der Waals surface area (Å²) in [5.41, 5.74) is 7.07. The first-order valence-corrected chi connectivity index (χ1v) is 5.57. The minimum atomic E-state index is -0.214. The number of aliphatic hydroxyl groups is 1. The van der Waals surface area contributed by atoms with Crippen molar-refractivity contribution in [1.82, 2.24) is 0 Å². The Labute approximate surface area is 87.5 Å². The molecule has 3 N–H and O–H groups in total. The predicted octanol–water partition coefficient (Wildman–Crippen LogP) is 0.644. The van der Waals surface area contributed by atoms with Crippen LogP contribution in [0.4, 0.5) is 0 Å². The van der Waals surface area contributed by atoms with Crippen LogP contribution in [-0.4, -0.2) is 31.0 Å². The van der Waals surface area contributed by atoms with Gasteiger partial charge in [0, 0.05) is 10.9 Å². The van der Waals surface area contributed by atoms with E-state index in [4.69, 9.17) is 15.6 Å². The normalized spacial score (nSPS) is 21.6. The van der Waals surface area contributed by atoms with E-state index in [0.29, 0.717) is 13.2 Å². The van der Waals surface area contributed by atoms with E-state index in [1.807, 2.05) is 0 Å². The van der Waals surface area contributed by atoms with Crippen LogP contribution in [0.1, 0.15) is 10.4 Å². The van der Waals surface area contributed by atoms with Crippen LogP contribution in [0.3, 0.4) is 0 Å². The van der Waals surface area contributed by atoms with Crippen LogP contribution in [-0.2, 0) is 10.2 Å². The number of thiophene rings is 1. The summed E-state index contributed by atoms with van der Waals surface area (Å²) in [7, 11) is 0. The smallest absolute Gasteiger partial charge is 0.0689 e. The van der Waals surface area contributed by atoms with Crippen molar-refractivity contribution >= 4 is 11.3 Å². The van der Waals surface area contributed by atoms with Crippen LogP contribution < -0.4 is 5.73 Å². The minimum Gasteiger partial charge on any atom is -0.395 e. The lowest BCUT2D eigenvalue weighted by molar-refractivity contribution is -0.0782. The van der Waals surface area contributed by atoms with Gasteiger partial charge in [-0.2, -0.15) is 0 Å². The number of aliphatic hydroxyl groups excluding tert-OH is 1. The van der Waals surface area contributed by atoms with E-state index in [2.05, 4.69) is 18.4 Å². The van der Waals surface area contributed by atoms with Crippen molar-refractivity contribution < 1.29 is 9.84 Å². The predicted molar refractivity (Wildman–Crippen MR) is 56.6 cm³/mol. The van der Waals surface area contributed by atoms with E-state index in [-0.39, 0.29) is 18.1 Å². The lowest BCUT2D eigenvalue weighted by Crippen LogP contribution is -2.60. The van der Waals surface area contributed by atoms with Crippen LogP contribution in [0.5, 0.6) is 0 Å². The van der Waals surface area contributed by atoms with Crippen molar-refractivity contribution in [1.29, 1.82) is 0 Å². The van der Waals surface area contributed by atoms with Crippen LogP contribution in [0, 0.1) is 6.92 Å². The van der Waals surface area contributed by atoms with Gasteiger partial charge in [-0.15, -0.1) is 11.3 Å². The van der Waals surface area contributed by atoms with Crippen molar-refractivity contribution in [2.24, 2.45) is 5.73 Å². The van der Waals surface area contributed by atoms with E-state index < -0.39 is 0 Å². The molecule has 0 aromatic carbocycles. The summed E-state index contributed by atoms with van der Waals surface area (Å²) < 4.78 is 5.26. The fraction of sp³-hybridized carbons (Fsp3) is 0.600. The van der Waals surface area contributed by atoms with Crippen molar-refractivity contribution in [2.45, 2.75) is 18.4 Å². The maximum Gasteiger partial charge on any atom is 0.0689 e. The molecule has 0 radical (unpaired) electrons. The molecule has 14 heavy (non-hydrogen) atoms. The molecule has 1 unspecified atom stereocenters. The summed E-state index contributed by atoms with van der Waals surface area (Å²) in [4.78, 5) is 1.27. The Balaban J connectivity index is 2.33. The van der Waals surface area contributed by atoms with Gasteiger partial charge in [0.25, 0.3) is 0 Å². The molecule has 78 valence electrons. The first-order chi connectivity index (χ1) is 6.70. The zero-order valence-corrected chi connectivity index (χ0v) is 9.01. The lowest BCUT2D eigenvalue weighted by atomic mass is 9.76. The molecular weight excluding hydrogens is 198 g/mol. The van der Waals surface area contributed by atoms with Crippen molar-refractivity contribution in [2.75, 3.05) is 19.8 Å². The molecule has 1 fully saturated rings. The van der Waals surface area contributed by atoms with E-state index in [1.54, 1.807) is 11.3 Å². The Bertz CT molecular complexity index is 320. The van der Waals surface area contributed by atoms with Gasteiger partial charge in [0.15, 0.2) is 0 Å². The molecule has 0 spiro atoms. The molecule has 0 bridgehead atoms. The number of hydrogen-bond donors (Lipinski definition) is 2. The van der Waals surface area contributed by atoms with Gasteiger partial charge in [-0.25, -0.2) is 0 Å². The number of nitrogens with two attached hydrogens (primary N) is 1. The Kier molecular flexibility index (Phi) is 2.62. The molecule has 0 saturated carbocycles. The van der Waals surface area contributed by atoms with E-state index >= 15 is 0 Å². The molecule has 1 aliphatic heterocycles. The molecule has 1 aromatic heterocycles. The summed E-state index contributed by atoms with van der Waals surface area (Å²) in [5.74, 6) is 0. The molecule has 4 heteroatoms. The highest BCUT2D eigenvalue weighted by molar-refractivity contribution is 7.10. The molecule has 1 aromatic rings. The minimum absolute atomic E-state index is 0.0146. The number of rotatable bonds is 3. The van der Waals surface area contributed by atoms with Gasteiger partial charge < -0.3 is 15.6 Å². The van der Waals surface area contributed by atoms with Crippen LogP contribution >= 0.6 is 11.3 Å². The Morgan fingerprint density at radius 1 is 1.71 bits per heavy atom. The van der Waals surface area contributed by atoms with Gasteiger partial charge >= 0.3 is 0 Å². The number of hydrogen-bond acceptors (Lipinski definition) is 4. The highest BCUT2D eigenvalue weighted by atomic mass is 32.1. The van der Waals surface area contributed by atoms with Crippen molar-refractivity contribution in [3.63, 3.8) is 0 Å². The number of aryl methyl sites for hydroxylation is 1. The third-order valence-corrected chi connectivity index (χ3v) is 4.18. The average molecular weight is 213 g/mol. The summed E-state index contributed by atoms with van der Waals surface area (Å²) in [6.07, 6.45) is 0. The Morgan fingerprint density at radius 3 is 2.79 bits per heavy atom. The summed E-state index contributed by atoms with van der Waals surface area (Å²) in [5, 5.41) is 11.2. The van der Waals surface area contributed by atoms with Gasteiger partial charge in [-0.1, -0.05) is 0 Å². The van der Waals surface area contributed by atoms with Gasteiger partial charge in [0.1, 0.15) is 0 Å². The van der Waals surface area contributed by atoms with E-state index in [1.165, 1.54) is 10.4 Å². The van der Waals surface area contributed by atoms with Gasteiger partial charge in [0.05, 0.1) is 25.2 Å². The topological polar surface area (TPSA) is 55.5 Å². The standard InChI is InChI=1S/C10H15NO2S/c1-7-2-3-14-9(7)10(5-13-6-10)8(11)4-12/h2-3,8,12H,4-6,11H2,1H3. The number of ether oxygens (including phenoxy) is 1. The highest BCUT2D eigenvalue weighted by Crippen LogP contribution is 2.39. The van der Waals surface area contributed by atoms with Gasteiger partial charge in [0.2, 0.25) is 0 Å². The Hall–Kier alpha value is -0.420. The first-order valence-electron chi connectivity index (χ1n) is 4.69. The monoisotopic (exact) mass is 213 g/mol. The molecule has 2 rings (SSSR count). The molecule has 0 amide bonds. The van der Waals surface area contributed by atoms with E-state index in [0.717, 1.165) is 0 Å². The summed E-state index contributed by atoms with van der Waals surface area (Å²) in [6, 6.07) is 1.87. The molecule has 1 aliphatic rings. The molecule has 1 saturated heterocycles. The average Bonchev–Trinajstić information content (AvgIpc) is 2.51. The Morgan fingerprint density at radius 2 is 2.43 bits per heavy atom. The van der Waals surface area contributed by atoms with Crippen LogP contribution in [0.15, 0.2) is 11.4 Å². The van der Waals surface area contributed by atoms with Crippen molar-refractivity contribution in [3.8, 4) is 0 Å².